The molecule has 0 unspecified atom stereocenters. The SMILES string of the molecule is Cc1ccc(C(=O)c2cc(F)cc(N)c2F)s1. The Morgan fingerprint density at radius 3 is 2.59 bits per heavy atom. The zero-order valence-corrected chi connectivity index (χ0v) is 9.78. The third-order valence-electron chi connectivity index (χ3n) is 2.27. The van der Waals surface area contributed by atoms with Crippen LogP contribution in [-0.2, 0) is 0 Å². The molecular formula is C12H9F2NOS. The van der Waals surface area contributed by atoms with Gasteiger partial charge in [0.25, 0.3) is 0 Å². The Morgan fingerprint density at radius 2 is 2.00 bits per heavy atom. The second kappa shape index (κ2) is 4.25. The van der Waals surface area contributed by atoms with Gasteiger partial charge in [0, 0.05) is 4.88 Å². The number of nitrogen functional groups attached to an aromatic ring is 1. The van der Waals surface area contributed by atoms with E-state index in [1.165, 1.54) is 11.3 Å². The number of ketones is 1. The first-order valence-corrected chi connectivity index (χ1v) is 5.66. The highest BCUT2D eigenvalue weighted by atomic mass is 32.1. The first-order valence-electron chi connectivity index (χ1n) is 4.84. The Hall–Kier alpha value is -1.75. The normalized spacial score (nSPS) is 10.5. The van der Waals surface area contributed by atoms with Gasteiger partial charge in [-0.2, -0.15) is 0 Å². The lowest BCUT2D eigenvalue weighted by molar-refractivity contribution is 0.103. The van der Waals surface area contributed by atoms with Crippen LogP contribution in [0, 0.1) is 18.6 Å². The molecule has 2 rings (SSSR count). The summed E-state index contributed by atoms with van der Waals surface area (Å²) in [6, 6.07) is 5.05. The van der Waals surface area contributed by atoms with Gasteiger partial charge in [0.15, 0.2) is 5.82 Å². The number of thiophene rings is 1. The molecule has 2 aromatic rings. The minimum Gasteiger partial charge on any atom is -0.396 e. The van der Waals surface area contributed by atoms with Crippen molar-refractivity contribution in [3.8, 4) is 0 Å². The molecule has 0 saturated carbocycles. The first kappa shape index (κ1) is 11.7. The molecule has 0 spiro atoms. The van der Waals surface area contributed by atoms with Crippen LogP contribution < -0.4 is 5.73 Å². The highest BCUT2D eigenvalue weighted by Crippen LogP contribution is 2.24. The van der Waals surface area contributed by atoms with E-state index in [0.29, 0.717) is 4.88 Å². The molecule has 0 bridgehead atoms. The monoisotopic (exact) mass is 253 g/mol. The largest absolute Gasteiger partial charge is 0.396 e. The number of carbonyl (C=O) groups excluding carboxylic acids is 1. The molecule has 88 valence electrons. The molecule has 0 aliphatic rings. The fraction of sp³-hybridized carbons (Fsp3) is 0.0833. The third kappa shape index (κ3) is 2.19. The molecule has 2 N–H and O–H groups in total. The number of anilines is 1. The second-order valence-electron chi connectivity index (χ2n) is 3.60. The third-order valence-corrected chi connectivity index (χ3v) is 3.27. The molecule has 1 aromatic heterocycles. The van der Waals surface area contributed by atoms with Gasteiger partial charge in [-0.3, -0.25) is 4.79 Å². The number of carbonyl (C=O) groups is 1. The van der Waals surface area contributed by atoms with E-state index < -0.39 is 17.4 Å². The van der Waals surface area contributed by atoms with Crippen LogP contribution in [-0.4, -0.2) is 5.78 Å². The Balaban J connectivity index is 2.51. The van der Waals surface area contributed by atoms with Crippen molar-refractivity contribution in [3.63, 3.8) is 0 Å². The summed E-state index contributed by atoms with van der Waals surface area (Å²) in [5.41, 5.74) is 4.59. The van der Waals surface area contributed by atoms with Gasteiger partial charge in [-0.25, -0.2) is 8.78 Å². The van der Waals surface area contributed by atoms with Crippen LogP contribution >= 0.6 is 11.3 Å². The lowest BCUT2D eigenvalue weighted by Crippen LogP contribution is -2.06. The zero-order valence-electron chi connectivity index (χ0n) is 8.96. The van der Waals surface area contributed by atoms with E-state index in [2.05, 4.69) is 0 Å². The molecule has 0 fully saturated rings. The molecular weight excluding hydrogens is 244 g/mol. The van der Waals surface area contributed by atoms with Crippen molar-refractivity contribution in [2.75, 3.05) is 5.73 Å². The fourth-order valence-electron chi connectivity index (χ4n) is 1.46. The van der Waals surface area contributed by atoms with Crippen LogP contribution in [0.1, 0.15) is 20.1 Å². The summed E-state index contributed by atoms with van der Waals surface area (Å²) >= 11 is 1.23. The Bertz CT molecular complexity index is 592. The van der Waals surface area contributed by atoms with Crippen molar-refractivity contribution in [2.24, 2.45) is 0 Å². The van der Waals surface area contributed by atoms with Gasteiger partial charge < -0.3 is 5.73 Å². The van der Waals surface area contributed by atoms with Gasteiger partial charge in [-0.15, -0.1) is 11.3 Å². The predicted molar refractivity (Wildman–Crippen MR) is 63.3 cm³/mol. The zero-order chi connectivity index (χ0) is 12.6. The quantitative estimate of drug-likeness (QED) is 0.660. The lowest BCUT2D eigenvalue weighted by atomic mass is 10.1. The molecule has 1 heterocycles. The molecule has 0 saturated heterocycles. The number of benzene rings is 1. The predicted octanol–water partition coefficient (Wildman–Crippen LogP) is 3.15. The highest BCUT2D eigenvalue weighted by Gasteiger charge is 2.18. The second-order valence-corrected chi connectivity index (χ2v) is 4.88. The number of hydrogen-bond acceptors (Lipinski definition) is 3. The van der Waals surface area contributed by atoms with Crippen molar-refractivity contribution in [2.45, 2.75) is 6.92 Å². The average Bonchev–Trinajstić information content (AvgIpc) is 2.69. The van der Waals surface area contributed by atoms with Gasteiger partial charge in [0.05, 0.1) is 16.1 Å². The van der Waals surface area contributed by atoms with Crippen LogP contribution in [0.4, 0.5) is 14.5 Å². The smallest absolute Gasteiger partial charge is 0.206 e. The van der Waals surface area contributed by atoms with Crippen molar-refractivity contribution >= 4 is 22.8 Å². The Kier molecular flexibility index (Phi) is 2.93. The Labute approximate surface area is 101 Å². The molecule has 1 aromatic carbocycles. The molecule has 0 aliphatic carbocycles. The summed E-state index contributed by atoms with van der Waals surface area (Å²) in [6.45, 7) is 1.83. The van der Waals surface area contributed by atoms with E-state index >= 15 is 0 Å². The molecule has 0 amide bonds. The fourth-order valence-corrected chi connectivity index (χ4v) is 2.29. The maximum atomic E-state index is 13.6. The van der Waals surface area contributed by atoms with E-state index in [0.717, 1.165) is 17.0 Å². The summed E-state index contributed by atoms with van der Waals surface area (Å²) in [4.78, 5) is 13.2. The topological polar surface area (TPSA) is 43.1 Å². The van der Waals surface area contributed by atoms with Gasteiger partial charge in [0.1, 0.15) is 5.82 Å². The molecule has 2 nitrogen and oxygen atoms in total. The summed E-state index contributed by atoms with van der Waals surface area (Å²) in [5.74, 6) is -2.14. The van der Waals surface area contributed by atoms with E-state index in [1.54, 1.807) is 12.1 Å². The van der Waals surface area contributed by atoms with Crippen molar-refractivity contribution < 1.29 is 13.6 Å². The van der Waals surface area contributed by atoms with E-state index in [4.69, 9.17) is 5.73 Å². The van der Waals surface area contributed by atoms with Crippen LogP contribution in [0.5, 0.6) is 0 Å². The maximum absolute atomic E-state index is 13.6. The average molecular weight is 253 g/mol. The van der Waals surface area contributed by atoms with Crippen molar-refractivity contribution in [3.05, 3.63) is 51.2 Å². The van der Waals surface area contributed by atoms with E-state index in [-0.39, 0.29) is 11.3 Å². The number of nitrogens with two attached hydrogens (primary N) is 1. The van der Waals surface area contributed by atoms with E-state index in [1.807, 2.05) is 6.92 Å². The molecule has 5 heteroatoms. The molecule has 17 heavy (non-hydrogen) atoms. The maximum Gasteiger partial charge on any atom is 0.206 e. The van der Waals surface area contributed by atoms with Crippen LogP contribution in [0.2, 0.25) is 0 Å². The summed E-state index contributed by atoms with van der Waals surface area (Å²) in [6.07, 6.45) is 0. The summed E-state index contributed by atoms with van der Waals surface area (Å²) in [7, 11) is 0. The number of halogens is 2. The molecule has 0 radical (unpaired) electrons. The van der Waals surface area contributed by atoms with Gasteiger partial charge >= 0.3 is 0 Å². The minimum absolute atomic E-state index is 0.329. The molecule has 0 aliphatic heterocycles. The first-order chi connectivity index (χ1) is 7.99. The number of hydrogen-bond donors (Lipinski definition) is 1. The van der Waals surface area contributed by atoms with Crippen molar-refractivity contribution in [1.29, 1.82) is 0 Å². The van der Waals surface area contributed by atoms with Crippen LogP contribution in [0.25, 0.3) is 0 Å². The Morgan fingerprint density at radius 1 is 1.29 bits per heavy atom. The van der Waals surface area contributed by atoms with Gasteiger partial charge in [0.2, 0.25) is 5.78 Å². The summed E-state index contributed by atoms with van der Waals surface area (Å²) in [5, 5.41) is 0. The van der Waals surface area contributed by atoms with Crippen LogP contribution in [0.3, 0.4) is 0 Å². The van der Waals surface area contributed by atoms with Gasteiger partial charge in [-0.05, 0) is 31.2 Å². The van der Waals surface area contributed by atoms with Crippen molar-refractivity contribution in [1.82, 2.24) is 0 Å². The number of aryl methyl sites for hydroxylation is 1. The summed E-state index contributed by atoms with van der Waals surface area (Å²) < 4.78 is 26.7. The molecule has 0 atom stereocenters. The van der Waals surface area contributed by atoms with Gasteiger partial charge in [-0.1, -0.05) is 0 Å². The van der Waals surface area contributed by atoms with Crippen LogP contribution in [0.15, 0.2) is 24.3 Å². The minimum atomic E-state index is -0.873. The number of rotatable bonds is 2. The standard InChI is InChI=1S/C12H9F2NOS/c1-6-2-3-10(17-6)12(16)8-4-7(13)5-9(15)11(8)14/h2-5H,15H2,1H3. The van der Waals surface area contributed by atoms with E-state index in [9.17, 15) is 13.6 Å². The lowest BCUT2D eigenvalue weighted by Gasteiger charge is -2.03. The highest BCUT2D eigenvalue weighted by molar-refractivity contribution is 7.14.